The number of aromatic nitrogens is 5. The van der Waals surface area contributed by atoms with E-state index in [-0.39, 0.29) is 36.8 Å². The lowest BCUT2D eigenvalue weighted by Crippen LogP contribution is -2.52. The molecule has 2 aromatic carbocycles. The Balaban J connectivity index is 1.22. The smallest absolute Gasteiger partial charge is 0.272 e. The second-order valence-electron chi connectivity index (χ2n) is 9.12. The summed E-state index contributed by atoms with van der Waals surface area (Å²) in [7, 11) is 1.70. The van der Waals surface area contributed by atoms with Gasteiger partial charge in [-0.2, -0.15) is 5.10 Å². The minimum Gasteiger partial charge on any atom is -0.333 e. The summed E-state index contributed by atoms with van der Waals surface area (Å²) in [6.45, 7) is 2.77. The Morgan fingerprint density at radius 2 is 1.92 bits per heavy atom. The number of aryl methyl sites for hydroxylation is 1. The molecule has 38 heavy (non-hydrogen) atoms. The Hall–Kier alpha value is -3.57. The number of carbonyl (C=O) groups excluding carboxylic acids is 2. The van der Waals surface area contributed by atoms with Crippen LogP contribution in [0.1, 0.15) is 34.7 Å². The van der Waals surface area contributed by atoms with Crippen molar-refractivity contribution in [2.45, 2.75) is 19.5 Å². The summed E-state index contributed by atoms with van der Waals surface area (Å²) in [6, 6.07) is 13.4. The molecule has 4 aromatic rings. The molecule has 1 atom stereocenters. The van der Waals surface area contributed by atoms with Crippen molar-refractivity contribution in [2.75, 3.05) is 19.6 Å². The Bertz CT molecular complexity index is 1500. The highest BCUT2D eigenvalue weighted by molar-refractivity contribution is 9.10. The molecule has 0 spiro atoms. The van der Waals surface area contributed by atoms with Gasteiger partial charge < -0.3 is 9.80 Å². The molecule has 1 aliphatic rings. The van der Waals surface area contributed by atoms with Crippen LogP contribution in [0.2, 0.25) is 5.02 Å². The second kappa shape index (κ2) is 10.7. The van der Waals surface area contributed by atoms with Crippen LogP contribution in [-0.2, 0) is 18.4 Å². The van der Waals surface area contributed by atoms with Crippen LogP contribution in [0.25, 0.3) is 11.3 Å². The third-order valence-corrected chi connectivity index (χ3v) is 7.31. The molecule has 0 N–H and O–H groups in total. The van der Waals surface area contributed by atoms with Gasteiger partial charge in [0.15, 0.2) is 0 Å². The molecular formula is C26H24BrClFN7O2. The largest absolute Gasteiger partial charge is 0.333 e. The highest BCUT2D eigenvalue weighted by Crippen LogP contribution is 2.24. The first kappa shape index (κ1) is 26.1. The summed E-state index contributed by atoms with van der Waals surface area (Å²) < 4.78 is 18.1. The van der Waals surface area contributed by atoms with Gasteiger partial charge in [0.2, 0.25) is 5.91 Å². The monoisotopic (exact) mass is 599 g/mol. The van der Waals surface area contributed by atoms with E-state index in [0.717, 1.165) is 5.56 Å². The van der Waals surface area contributed by atoms with Crippen molar-refractivity contribution in [1.29, 1.82) is 0 Å². The maximum Gasteiger partial charge on any atom is 0.272 e. The third kappa shape index (κ3) is 5.34. The number of hydrogen-bond donors (Lipinski definition) is 0. The van der Waals surface area contributed by atoms with Crippen LogP contribution < -0.4 is 0 Å². The van der Waals surface area contributed by atoms with Crippen LogP contribution >= 0.6 is 27.5 Å². The molecule has 3 heterocycles. The summed E-state index contributed by atoms with van der Waals surface area (Å²) in [5.74, 6) is -0.788. The summed E-state index contributed by atoms with van der Waals surface area (Å²) >= 11 is 9.23. The number of carbonyl (C=O) groups is 2. The lowest BCUT2D eigenvalue weighted by molar-refractivity contribution is -0.135. The minimum absolute atomic E-state index is 0.0467. The Labute approximate surface area is 231 Å². The van der Waals surface area contributed by atoms with Gasteiger partial charge in [-0.25, -0.2) is 9.07 Å². The van der Waals surface area contributed by atoms with Gasteiger partial charge >= 0.3 is 0 Å². The molecule has 2 amide bonds. The number of amides is 2. The fraction of sp³-hybridized carbons (Fsp3) is 0.269. The lowest BCUT2D eigenvalue weighted by atomic mass is 10.1. The third-order valence-electron chi connectivity index (χ3n) is 6.56. The molecule has 196 valence electrons. The topological polar surface area (TPSA) is 89.2 Å². The Morgan fingerprint density at radius 1 is 1.16 bits per heavy atom. The molecule has 5 rings (SSSR count). The fourth-order valence-electron chi connectivity index (χ4n) is 4.39. The minimum atomic E-state index is -0.369. The molecule has 9 nitrogen and oxygen atoms in total. The van der Waals surface area contributed by atoms with E-state index < -0.39 is 0 Å². The molecule has 0 aliphatic carbocycles. The van der Waals surface area contributed by atoms with E-state index in [1.54, 1.807) is 53.2 Å². The van der Waals surface area contributed by atoms with Crippen LogP contribution in [0.4, 0.5) is 4.39 Å². The van der Waals surface area contributed by atoms with E-state index in [2.05, 4.69) is 31.3 Å². The van der Waals surface area contributed by atoms with Crippen molar-refractivity contribution in [3.05, 3.63) is 87.0 Å². The summed E-state index contributed by atoms with van der Waals surface area (Å²) in [5.41, 5.74) is 2.96. The van der Waals surface area contributed by atoms with Crippen molar-refractivity contribution in [1.82, 2.24) is 34.6 Å². The lowest BCUT2D eigenvalue weighted by Gasteiger charge is -2.33. The van der Waals surface area contributed by atoms with Crippen LogP contribution in [-0.4, -0.2) is 66.0 Å². The molecule has 0 saturated carbocycles. The van der Waals surface area contributed by atoms with Gasteiger partial charge in [-0.15, -0.1) is 5.10 Å². The summed E-state index contributed by atoms with van der Waals surface area (Å²) in [5, 5.41) is 13.4. The predicted molar refractivity (Wildman–Crippen MR) is 143 cm³/mol. The van der Waals surface area contributed by atoms with Gasteiger partial charge in [0.25, 0.3) is 5.91 Å². The number of halogens is 3. The van der Waals surface area contributed by atoms with Crippen molar-refractivity contribution in [2.24, 2.45) is 7.05 Å². The van der Waals surface area contributed by atoms with Gasteiger partial charge in [0, 0.05) is 40.8 Å². The van der Waals surface area contributed by atoms with Crippen LogP contribution in [0.15, 0.2) is 59.2 Å². The molecule has 0 unspecified atom stereocenters. The first-order valence-electron chi connectivity index (χ1n) is 11.9. The summed E-state index contributed by atoms with van der Waals surface area (Å²) in [6.07, 6.45) is 1.71. The van der Waals surface area contributed by atoms with E-state index in [4.69, 9.17) is 11.6 Å². The number of piperazine rings is 1. The van der Waals surface area contributed by atoms with E-state index in [1.165, 1.54) is 15.6 Å². The number of hydrogen-bond acceptors (Lipinski definition) is 5. The number of rotatable bonds is 6. The molecule has 1 saturated heterocycles. The molecule has 1 fully saturated rings. The predicted octanol–water partition coefficient (Wildman–Crippen LogP) is 4.33. The number of benzene rings is 2. The fourth-order valence-corrected chi connectivity index (χ4v) is 4.85. The van der Waals surface area contributed by atoms with Gasteiger partial charge in [-0.3, -0.25) is 14.3 Å². The standard InChI is InChI=1S/C26H24BrClFN7O2/c1-16(21-8-5-18(27)11-22(21)29)36-14-20(30-32-36)13-34-9-10-35(15-25(34)37)26(38)24-12-23(31-33(24)2)17-3-6-19(28)7-4-17/h3-8,11-12,14,16H,9-10,13,15H2,1-2H3/t16-/m0/s1. The summed E-state index contributed by atoms with van der Waals surface area (Å²) in [4.78, 5) is 29.3. The molecule has 0 radical (unpaired) electrons. The average molecular weight is 601 g/mol. The van der Waals surface area contributed by atoms with Gasteiger partial charge in [-0.05, 0) is 37.3 Å². The SMILES string of the molecule is C[C@@H](c1ccc(Br)cc1F)n1cc(CN2CCN(C(=O)c3cc(-c4ccc(Cl)cc4)nn3C)CC2=O)nn1. The van der Waals surface area contributed by atoms with E-state index in [9.17, 15) is 14.0 Å². The maximum absolute atomic E-state index is 14.4. The van der Waals surface area contributed by atoms with Crippen LogP contribution in [0, 0.1) is 5.82 Å². The maximum atomic E-state index is 14.4. The first-order chi connectivity index (χ1) is 18.2. The molecule has 1 aliphatic heterocycles. The molecule has 2 aromatic heterocycles. The van der Waals surface area contributed by atoms with E-state index in [0.29, 0.717) is 45.2 Å². The van der Waals surface area contributed by atoms with Crippen molar-refractivity contribution >= 4 is 39.3 Å². The van der Waals surface area contributed by atoms with Crippen LogP contribution in [0.3, 0.4) is 0 Å². The van der Waals surface area contributed by atoms with Gasteiger partial charge in [-0.1, -0.05) is 50.9 Å². The molecule has 12 heteroatoms. The van der Waals surface area contributed by atoms with E-state index >= 15 is 0 Å². The van der Waals surface area contributed by atoms with Crippen LogP contribution in [0.5, 0.6) is 0 Å². The number of nitrogens with zero attached hydrogens (tertiary/aromatic N) is 7. The first-order valence-corrected chi connectivity index (χ1v) is 13.1. The van der Waals surface area contributed by atoms with E-state index in [1.807, 2.05) is 19.1 Å². The van der Waals surface area contributed by atoms with Crippen molar-refractivity contribution in [3.63, 3.8) is 0 Å². The van der Waals surface area contributed by atoms with Gasteiger partial charge in [0.05, 0.1) is 24.5 Å². The highest BCUT2D eigenvalue weighted by Gasteiger charge is 2.30. The Kier molecular flexibility index (Phi) is 7.31. The quantitative estimate of drug-likeness (QED) is 0.329. The van der Waals surface area contributed by atoms with Gasteiger partial charge in [0.1, 0.15) is 23.7 Å². The van der Waals surface area contributed by atoms with Crippen molar-refractivity contribution < 1.29 is 14.0 Å². The second-order valence-corrected chi connectivity index (χ2v) is 10.5. The zero-order valence-electron chi connectivity index (χ0n) is 20.7. The average Bonchev–Trinajstić information content (AvgIpc) is 3.51. The Morgan fingerprint density at radius 3 is 2.63 bits per heavy atom. The molecular weight excluding hydrogens is 577 g/mol. The zero-order valence-corrected chi connectivity index (χ0v) is 23.0. The highest BCUT2D eigenvalue weighted by atomic mass is 79.9. The molecule has 0 bridgehead atoms. The zero-order chi connectivity index (χ0) is 27.0. The van der Waals surface area contributed by atoms with Crippen molar-refractivity contribution in [3.8, 4) is 11.3 Å². The normalized spacial score (nSPS) is 14.7.